The van der Waals surface area contributed by atoms with Gasteiger partial charge in [0.15, 0.2) is 11.5 Å². The van der Waals surface area contributed by atoms with Crippen molar-refractivity contribution < 1.29 is 14.8 Å². The summed E-state index contributed by atoms with van der Waals surface area (Å²) in [6.45, 7) is 2.10. The minimum atomic E-state index is 0.347. The van der Waals surface area contributed by atoms with Crippen LogP contribution in [-0.4, -0.2) is 12.1 Å². The molecule has 1 aromatic heterocycles. The second-order valence-corrected chi connectivity index (χ2v) is 6.91. The Morgan fingerprint density at radius 3 is 2.41 bits per heavy atom. The molecule has 0 spiro atoms. The molecule has 27 heavy (non-hydrogen) atoms. The number of hydrogen-bond donors (Lipinski definition) is 1. The zero-order chi connectivity index (χ0) is 19.1. The van der Waals surface area contributed by atoms with Gasteiger partial charge < -0.3 is 14.8 Å². The van der Waals surface area contributed by atoms with Crippen LogP contribution >= 0.6 is 23.2 Å². The Kier molecular flexibility index (Phi) is 6.93. The first-order chi connectivity index (χ1) is 13.2. The average Bonchev–Trinajstić information content (AvgIpc) is 2.68. The van der Waals surface area contributed by atoms with Crippen LogP contribution in [0.2, 0.25) is 10.0 Å². The van der Waals surface area contributed by atoms with E-state index in [1.807, 2.05) is 48.8 Å². The van der Waals surface area contributed by atoms with E-state index in [-0.39, 0.29) is 0 Å². The van der Waals surface area contributed by atoms with Gasteiger partial charge in [0.05, 0.1) is 7.11 Å². The van der Waals surface area contributed by atoms with Gasteiger partial charge in [-0.3, -0.25) is 4.98 Å². The first-order valence-corrected chi connectivity index (χ1v) is 9.35. The van der Waals surface area contributed by atoms with Gasteiger partial charge in [0.1, 0.15) is 19.7 Å². The molecule has 0 amide bonds. The number of hydrogen-bond acceptors (Lipinski definition) is 3. The first kappa shape index (κ1) is 19.5. The highest BCUT2D eigenvalue weighted by Gasteiger charge is 2.09. The third kappa shape index (κ3) is 5.60. The molecule has 0 aliphatic carbocycles. The molecule has 0 saturated heterocycles. The lowest BCUT2D eigenvalue weighted by atomic mass is 10.2. The third-order valence-electron chi connectivity index (χ3n) is 4.14. The molecule has 1 heterocycles. The molecule has 0 aliphatic rings. The van der Waals surface area contributed by atoms with Gasteiger partial charge in [-0.1, -0.05) is 29.3 Å². The highest BCUT2D eigenvalue weighted by Crippen LogP contribution is 2.30. The van der Waals surface area contributed by atoms with Crippen molar-refractivity contribution in [1.82, 2.24) is 4.98 Å². The molecule has 0 radical (unpaired) electrons. The summed E-state index contributed by atoms with van der Waals surface area (Å²) in [5.41, 5.74) is 3.28. The summed E-state index contributed by atoms with van der Waals surface area (Å²) in [4.78, 5) is 4.03. The number of benzene rings is 2. The molecule has 0 unspecified atom stereocenters. The summed E-state index contributed by atoms with van der Waals surface area (Å²) in [5.74, 6) is 1.39. The predicted octanol–water partition coefficient (Wildman–Crippen LogP) is 4.24. The van der Waals surface area contributed by atoms with Crippen molar-refractivity contribution in [1.29, 1.82) is 0 Å². The van der Waals surface area contributed by atoms with Gasteiger partial charge in [-0.05, 0) is 42.5 Å². The van der Waals surface area contributed by atoms with Crippen molar-refractivity contribution in [2.24, 2.45) is 0 Å². The molecule has 0 fully saturated rings. The average molecular weight is 404 g/mol. The summed E-state index contributed by atoms with van der Waals surface area (Å²) in [7, 11) is 1.64. The van der Waals surface area contributed by atoms with E-state index in [4.69, 9.17) is 32.7 Å². The molecular weight excluding hydrogens is 383 g/mol. The van der Waals surface area contributed by atoms with Crippen LogP contribution in [0.25, 0.3) is 0 Å². The van der Waals surface area contributed by atoms with Crippen LogP contribution in [0.3, 0.4) is 0 Å². The van der Waals surface area contributed by atoms with Crippen LogP contribution in [0.1, 0.15) is 16.7 Å². The van der Waals surface area contributed by atoms with Gasteiger partial charge in [-0.15, -0.1) is 0 Å². The number of halogens is 2. The zero-order valence-electron chi connectivity index (χ0n) is 15.0. The van der Waals surface area contributed by atoms with Gasteiger partial charge in [-0.2, -0.15) is 0 Å². The lowest BCUT2D eigenvalue weighted by Crippen LogP contribution is -2.80. The number of aromatic nitrogens is 1. The number of rotatable bonds is 8. The molecule has 0 aliphatic heterocycles. The minimum Gasteiger partial charge on any atom is -0.493 e. The number of nitrogens with two attached hydrogens (primary N) is 1. The Morgan fingerprint density at radius 2 is 1.67 bits per heavy atom. The Labute approximate surface area is 169 Å². The molecule has 0 saturated carbocycles. The number of pyridine rings is 1. The molecule has 3 rings (SSSR count). The summed E-state index contributed by atoms with van der Waals surface area (Å²) in [5, 5.41) is 3.43. The number of quaternary nitrogens is 1. The second-order valence-electron chi connectivity index (χ2n) is 6.06. The zero-order valence-corrected chi connectivity index (χ0v) is 16.5. The maximum atomic E-state index is 6.20. The fourth-order valence-electron chi connectivity index (χ4n) is 2.68. The molecule has 140 valence electrons. The number of ether oxygens (including phenoxy) is 2. The lowest BCUT2D eigenvalue weighted by molar-refractivity contribution is -0.686. The van der Waals surface area contributed by atoms with Crippen LogP contribution in [0.4, 0.5) is 0 Å². The van der Waals surface area contributed by atoms with Crippen molar-refractivity contribution in [3.8, 4) is 11.5 Å². The van der Waals surface area contributed by atoms with Crippen LogP contribution in [0.15, 0.2) is 60.9 Å². The summed E-state index contributed by atoms with van der Waals surface area (Å²) >= 11 is 12.1. The molecule has 0 atom stereocenters. The highest BCUT2D eigenvalue weighted by atomic mass is 35.5. The van der Waals surface area contributed by atoms with Crippen LogP contribution in [0, 0.1) is 0 Å². The highest BCUT2D eigenvalue weighted by molar-refractivity contribution is 6.35. The van der Waals surface area contributed by atoms with Crippen molar-refractivity contribution in [2.75, 3.05) is 7.11 Å². The monoisotopic (exact) mass is 403 g/mol. The van der Waals surface area contributed by atoms with E-state index in [0.717, 1.165) is 24.2 Å². The van der Waals surface area contributed by atoms with Gasteiger partial charge in [0.2, 0.25) is 0 Å². The summed E-state index contributed by atoms with van der Waals surface area (Å²) < 4.78 is 11.4. The minimum absolute atomic E-state index is 0.347. The normalized spacial score (nSPS) is 10.6. The standard InChI is InChI=1S/C21H20Cl2N2O2/c1-26-21-10-16(13-25-12-15-6-8-24-9-7-15)2-5-20(21)27-14-17-3-4-18(22)11-19(17)23/h2-11,25H,12-14H2,1H3/p+1. The summed E-state index contributed by atoms with van der Waals surface area (Å²) in [6.07, 6.45) is 3.62. The fourth-order valence-corrected chi connectivity index (χ4v) is 3.14. The lowest BCUT2D eigenvalue weighted by Gasteiger charge is -2.13. The van der Waals surface area contributed by atoms with Crippen LogP contribution < -0.4 is 14.8 Å². The number of nitrogens with zero attached hydrogens (tertiary/aromatic N) is 1. The Hall–Kier alpha value is -2.27. The quantitative estimate of drug-likeness (QED) is 0.611. The van der Waals surface area contributed by atoms with Gasteiger partial charge in [0, 0.05) is 39.1 Å². The Balaban J connectivity index is 1.60. The van der Waals surface area contributed by atoms with Crippen molar-refractivity contribution in [3.63, 3.8) is 0 Å². The van der Waals surface area contributed by atoms with E-state index in [2.05, 4.69) is 10.3 Å². The number of methoxy groups -OCH3 is 1. The molecule has 2 aromatic carbocycles. The molecular formula is C21H21Cl2N2O2+. The topological polar surface area (TPSA) is 48.0 Å². The van der Waals surface area contributed by atoms with E-state index >= 15 is 0 Å². The van der Waals surface area contributed by atoms with E-state index < -0.39 is 0 Å². The van der Waals surface area contributed by atoms with Gasteiger partial charge >= 0.3 is 0 Å². The van der Waals surface area contributed by atoms with Crippen molar-refractivity contribution >= 4 is 23.2 Å². The Morgan fingerprint density at radius 1 is 0.889 bits per heavy atom. The van der Waals surface area contributed by atoms with Crippen LogP contribution in [-0.2, 0) is 19.7 Å². The maximum Gasteiger partial charge on any atom is 0.161 e. The van der Waals surface area contributed by atoms with Crippen molar-refractivity contribution in [3.05, 3.63) is 87.7 Å². The van der Waals surface area contributed by atoms with E-state index in [1.54, 1.807) is 19.2 Å². The van der Waals surface area contributed by atoms with E-state index in [9.17, 15) is 0 Å². The molecule has 4 nitrogen and oxygen atoms in total. The molecule has 2 N–H and O–H groups in total. The van der Waals surface area contributed by atoms with Gasteiger partial charge in [0.25, 0.3) is 0 Å². The fraction of sp³-hybridized carbons (Fsp3) is 0.190. The van der Waals surface area contributed by atoms with Gasteiger partial charge in [-0.25, -0.2) is 0 Å². The maximum absolute atomic E-state index is 6.20. The van der Waals surface area contributed by atoms with E-state index in [1.165, 1.54) is 5.56 Å². The Bertz CT molecular complexity index is 889. The second kappa shape index (κ2) is 9.60. The molecule has 3 aromatic rings. The molecule has 6 heteroatoms. The summed E-state index contributed by atoms with van der Waals surface area (Å²) in [6, 6.07) is 15.4. The molecule has 0 bridgehead atoms. The van der Waals surface area contributed by atoms with Crippen molar-refractivity contribution in [2.45, 2.75) is 19.7 Å². The SMILES string of the molecule is COc1cc(C[NH2+]Cc2ccncc2)ccc1OCc1ccc(Cl)cc1Cl. The third-order valence-corrected chi connectivity index (χ3v) is 4.72. The first-order valence-electron chi connectivity index (χ1n) is 8.60. The van der Waals surface area contributed by atoms with Crippen LogP contribution in [0.5, 0.6) is 11.5 Å². The smallest absolute Gasteiger partial charge is 0.161 e. The largest absolute Gasteiger partial charge is 0.493 e. The predicted molar refractivity (Wildman–Crippen MR) is 107 cm³/mol. The van der Waals surface area contributed by atoms with E-state index in [0.29, 0.717) is 28.2 Å².